The van der Waals surface area contributed by atoms with Gasteiger partial charge in [0.25, 0.3) is 0 Å². The maximum absolute atomic E-state index is 12.8. The number of β-amino-alcohol motifs (C(OH)–C–C–N with tert-alkyl or cyclic N) is 1. The van der Waals surface area contributed by atoms with E-state index in [1.807, 2.05) is 0 Å². The van der Waals surface area contributed by atoms with Crippen LogP contribution in [-0.4, -0.2) is 79.2 Å². The molecule has 4 nitrogen and oxygen atoms in total. The van der Waals surface area contributed by atoms with Crippen LogP contribution in [0, 0.1) is 5.92 Å². The summed E-state index contributed by atoms with van der Waals surface area (Å²) in [6.07, 6.45) is -2.64. The molecule has 0 aliphatic carbocycles. The number of nitrogens with zero attached hydrogens (tertiary/aromatic N) is 2. The lowest BCUT2D eigenvalue weighted by Gasteiger charge is -2.39. The first kappa shape index (κ1) is 17.0. The number of rotatable bonds is 4. The number of hydrogen-bond donors (Lipinski definition) is 1. The monoisotopic (exact) mass is 310 g/mol. The van der Waals surface area contributed by atoms with Crippen molar-refractivity contribution in [3.63, 3.8) is 0 Å². The predicted octanol–water partition coefficient (Wildman–Crippen LogP) is 1.34. The lowest BCUT2D eigenvalue weighted by atomic mass is 9.95. The first-order valence-electron chi connectivity index (χ1n) is 7.59. The molecule has 2 aliphatic rings. The van der Waals surface area contributed by atoms with E-state index in [1.54, 1.807) is 4.90 Å². The van der Waals surface area contributed by atoms with Gasteiger partial charge in [0.05, 0.1) is 13.2 Å². The molecule has 2 aliphatic heterocycles. The number of halogens is 3. The molecule has 2 fully saturated rings. The Bertz CT molecular complexity index is 331. The molecular weight excluding hydrogens is 285 g/mol. The van der Waals surface area contributed by atoms with Gasteiger partial charge in [-0.05, 0) is 32.2 Å². The zero-order valence-corrected chi connectivity index (χ0v) is 12.5. The van der Waals surface area contributed by atoms with Gasteiger partial charge in [-0.3, -0.25) is 9.80 Å². The Morgan fingerprint density at radius 2 is 1.81 bits per heavy atom. The number of piperidine rings is 1. The van der Waals surface area contributed by atoms with Crippen molar-refractivity contribution in [2.45, 2.75) is 31.5 Å². The second-order valence-electron chi connectivity index (χ2n) is 6.43. The number of likely N-dealkylation sites (tertiary alicyclic amines) is 1. The number of hydrogen-bond acceptors (Lipinski definition) is 4. The quantitative estimate of drug-likeness (QED) is 0.850. The van der Waals surface area contributed by atoms with Crippen LogP contribution in [0.4, 0.5) is 13.2 Å². The average Bonchev–Trinajstić information content (AvgIpc) is 2.38. The van der Waals surface area contributed by atoms with Gasteiger partial charge < -0.3 is 9.84 Å². The van der Waals surface area contributed by atoms with E-state index in [-0.39, 0.29) is 6.54 Å². The zero-order chi connectivity index (χ0) is 15.5. The summed E-state index contributed by atoms with van der Waals surface area (Å²) in [7, 11) is 0. The van der Waals surface area contributed by atoms with E-state index < -0.39 is 11.8 Å². The summed E-state index contributed by atoms with van der Waals surface area (Å²) in [5.74, 6) is 0.376. The first-order chi connectivity index (χ1) is 9.78. The molecule has 2 saturated heterocycles. The predicted molar refractivity (Wildman–Crippen MR) is 73.1 cm³/mol. The maximum atomic E-state index is 12.8. The summed E-state index contributed by atoms with van der Waals surface area (Å²) in [6.45, 7) is 5.96. The fourth-order valence-corrected chi connectivity index (χ4v) is 3.12. The number of morpholine rings is 1. The van der Waals surface area contributed by atoms with Crippen molar-refractivity contribution in [2.24, 2.45) is 5.92 Å². The molecule has 124 valence electrons. The Labute approximate surface area is 123 Å². The molecule has 0 aromatic rings. The van der Waals surface area contributed by atoms with Crippen LogP contribution in [0.25, 0.3) is 0 Å². The van der Waals surface area contributed by atoms with E-state index in [9.17, 15) is 18.3 Å². The van der Waals surface area contributed by atoms with Crippen molar-refractivity contribution in [1.82, 2.24) is 9.80 Å². The molecule has 0 aromatic heterocycles. The smallest absolute Gasteiger partial charge is 0.380 e. The van der Waals surface area contributed by atoms with Crippen molar-refractivity contribution >= 4 is 0 Å². The highest BCUT2D eigenvalue weighted by Crippen LogP contribution is 2.31. The summed E-state index contributed by atoms with van der Waals surface area (Å²) >= 11 is 0. The summed E-state index contributed by atoms with van der Waals surface area (Å²) in [5, 5.41) is 9.62. The van der Waals surface area contributed by atoms with Crippen LogP contribution in [0.1, 0.15) is 19.8 Å². The van der Waals surface area contributed by atoms with Gasteiger partial charge in [-0.2, -0.15) is 13.2 Å². The minimum absolute atomic E-state index is 0.337. The van der Waals surface area contributed by atoms with E-state index in [0.29, 0.717) is 19.0 Å². The van der Waals surface area contributed by atoms with E-state index in [4.69, 9.17) is 4.74 Å². The van der Waals surface area contributed by atoms with Gasteiger partial charge in [-0.15, -0.1) is 0 Å². The highest BCUT2D eigenvalue weighted by molar-refractivity contribution is 4.87. The van der Waals surface area contributed by atoms with Crippen molar-refractivity contribution < 1.29 is 23.0 Å². The third-order valence-electron chi connectivity index (χ3n) is 4.37. The van der Waals surface area contributed by atoms with Crippen LogP contribution >= 0.6 is 0 Å². The topological polar surface area (TPSA) is 35.9 Å². The number of alkyl halides is 3. The summed E-state index contributed by atoms with van der Waals surface area (Å²) < 4.78 is 43.6. The van der Waals surface area contributed by atoms with Gasteiger partial charge in [-0.25, -0.2) is 0 Å². The molecule has 0 spiro atoms. The van der Waals surface area contributed by atoms with Gasteiger partial charge in [0.15, 0.2) is 5.60 Å². The molecule has 21 heavy (non-hydrogen) atoms. The Kier molecular flexibility index (Phi) is 5.51. The Hall–Kier alpha value is -0.370. The molecule has 0 aromatic carbocycles. The standard InChI is InChI=1S/C14H25F3N2O2/c1-13(20,14(15,16)17)11-19-4-2-3-12(10-19)9-18-5-7-21-8-6-18/h12,20H,2-11H2,1H3. The molecule has 2 atom stereocenters. The Morgan fingerprint density at radius 3 is 2.43 bits per heavy atom. The maximum Gasteiger partial charge on any atom is 0.418 e. The van der Waals surface area contributed by atoms with Crippen LogP contribution < -0.4 is 0 Å². The van der Waals surface area contributed by atoms with Gasteiger partial charge in [0.1, 0.15) is 0 Å². The van der Waals surface area contributed by atoms with Crippen LogP contribution in [0.3, 0.4) is 0 Å². The SMILES string of the molecule is CC(O)(CN1CCCC(CN2CCOCC2)C1)C(F)(F)F. The van der Waals surface area contributed by atoms with Gasteiger partial charge in [0.2, 0.25) is 0 Å². The highest BCUT2D eigenvalue weighted by atomic mass is 19.4. The van der Waals surface area contributed by atoms with Crippen molar-refractivity contribution in [3.8, 4) is 0 Å². The normalized spacial score (nSPS) is 29.3. The van der Waals surface area contributed by atoms with Crippen LogP contribution in [0.15, 0.2) is 0 Å². The molecule has 1 N–H and O–H groups in total. The van der Waals surface area contributed by atoms with Crippen molar-refractivity contribution in [3.05, 3.63) is 0 Å². The first-order valence-corrected chi connectivity index (χ1v) is 7.59. The molecular formula is C14H25F3N2O2. The number of aliphatic hydroxyl groups is 1. The minimum Gasteiger partial charge on any atom is -0.380 e. The van der Waals surface area contributed by atoms with Gasteiger partial charge >= 0.3 is 6.18 Å². The highest BCUT2D eigenvalue weighted by Gasteiger charge is 2.50. The average molecular weight is 310 g/mol. The third-order valence-corrected chi connectivity index (χ3v) is 4.37. The molecule has 0 bridgehead atoms. The van der Waals surface area contributed by atoms with E-state index in [0.717, 1.165) is 52.6 Å². The largest absolute Gasteiger partial charge is 0.418 e. The van der Waals surface area contributed by atoms with E-state index in [1.165, 1.54) is 0 Å². The summed E-state index contributed by atoms with van der Waals surface area (Å²) in [4.78, 5) is 4.07. The summed E-state index contributed by atoms with van der Waals surface area (Å²) in [6, 6.07) is 0. The van der Waals surface area contributed by atoms with Crippen LogP contribution in [0.5, 0.6) is 0 Å². The van der Waals surface area contributed by atoms with E-state index >= 15 is 0 Å². The molecule has 0 radical (unpaired) electrons. The van der Waals surface area contributed by atoms with Crippen LogP contribution in [-0.2, 0) is 4.74 Å². The van der Waals surface area contributed by atoms with Gasteiger partial charge in [-0.1, -0.05) is 0 Å². The Balaban J connectivity index is 1.83. The van der Waals surface area contributed by atoms with Crippen LogP contribution in [0.2, 0.25) is 0 Å². The molecule has 2 rings (SSSR count). The number of ether oxygens (including phenoxy) is 1. The molecule has 0 saturated carbocycles. The molecule has 2 heterocycles. The minimum atomic E-state index is -4.58. The second kappa shape index (κ2) is 6.81. The second-order valence-corrected chi connectivity index (χ2v) is 6.43. The molecule has 7 heteroatoms. The fraction of sp³-hybridized carbons (Fsp3) is 1.00. The Morgan fingerprint density at radius 1 is 1.14 bits per heavy atom. The lowest BCUT2D eigenvalue weighted by molar-refractivity contribution is -0.258. The molecule has 0 amide bonds. The molecule has 2 unspecified atom stereocenters. The van der Waals surface area contributed by atoms with Crippen molar-refractivity contribution in [1.29, 1.82) is 0 Å². The third kappa shape index (κ3) is 4.81. The van der Waals surface area contributed by atoms with E-state index in [2.05, 4.69) is 4.90 Å². The zero-order valence-electron chi connectivity index (χ0n) is 12.5. The summed E-state index contributed by atoms with van der Waals surface area (Å²) in [5.41, 5.74) is -2.63. The van der Waals surface area contributed by atoms with Gasteiger partial charge in [0, 0.05) is 32.7 Å². The lowest BCUT2D eigenvalue weighted by Crippen LogP contribution is -2.54. The van der Waals surface area contributed by atoms with Crippen molar-refractivity contribution in [2.75, 3.05) is 52.5 Å². The fourth-order valence-electron chi connectivity index (χ4n) is 3.12.